The second-order valence-corrected chi connectivity index (χ2v) is 8.57. The van der Waals surface area contributed by atoms with Crippen LogP contribution in [0.1, 0.15) is 60.5 Å². The third kappa shape index (κ3) is 3.55. The lowest BCUT2D eigenvalue weighted by atomic mass is 9.95. The molecule has 1 fully saturated rings. The van der Waals surface area contributed by atoms with Crippen LogP contribution in [-0.4, -0.2) is 32.8 Å². The van der Waals surface area contributed by atoms with E-state index in [0.29, 0.717) is 11.6 Å². The number of carbonyl (C=O) groups is 1. The number of anilines is 1. The maximum Gasteiger partial charge on any atom is 0.255 e. The fraction of sp³-hybridized carbons (Fsp3) is 0.458. The number of aromatic nitrogens is 3. The van der Waals surface area contributed by atoms with E-state index in [1.54, 1.807) is 6.20 Å². The molecule has 2 aliphatic carbocycles. The minimum absolute atomic E-state index is 0.0511. The van der Waals surface area contributed by atoms with Crippen molar-refractivity contribution >= 4 is 22.6 Å². The molecule has 6 heteroatoms. The Bertz CT molecular complexity index is 1040. The number of aryl methyl sites for hydroxylation is 1. The highest BCUT2D eigenvalue weighted by Gasteiger charge is 2.26. The van der Waals surface area contributed by atoms with E-state index in [1.165, 1.54) is 30.4 Å². The van der Waals surface area contributed by atoms with Gasteiger partial charge in [0.2, 0.25) is 0 Å². The second-order valence-electron chi connectivity index (χ2n) is 8.57. The summed E-state index contributed by atoms with van der Waals surface area (Å²) in [5.41, 5.74) is 5.02. The molecule has 6 nitrogen and oxygen atoms in total. The number of carbonyl (C=O) groups excluding carboxylic acids is 1. The molecule has 5 rings (SSSR count). The van der Waals surface area contributed by atoms with Crippen LogP contribution in [0.3, 0.4) is 0 Å². The first-order valence-electron chi connectivity index (χ1n) is 11.2. The number of amides is 1. The summed E-state index contributed by atoms with van der Waals surface area (Å²) in [4.78, 5) is 17.9. The van der Waals surface area contributed by atoms with Gasteiger partial charge in [0.05, 0.1) is 22.8 Å². The largest absolute Gasteiger partial charge is 0.381 e. The Morgan fingerprint density at radius 1 is 1.07 bits per heavy atom. The van der Waals surface area contributed by atoms with Gasteiger partial charge in [-0.1, -0.05) is 43.5 Å². The minimum atomic E-state index is -0.0511. The molecular formula is C24H29N5O. The van der Waals surface area contributed by atoms with Gasteiger partial charge < -0.3 is 10.6 Å². The Morgan fingerprint density at radius 2 is 1.80 bits per heavy atom. The molecule has 2 heterocycles. The third-order valence-electron chi connectivity index (χ3n) is 6.55. The molecule has 1 aromatic carbocycles. The number of nitrogens with one attached hydrogen (secondary N) is 2. The van der Waals surface area contributed by atoms with Gasteiger partial charge in [0, 0.05) is 24.8 Å². The van der Waals surface area contributed by atoms with Crippen LogP contribution in [0, 0.1) is 0 Å². The lowest BCUT2D eigenvalue weighted by Crippen LogP contribution is -2.36. The number of benzene rings is 1. The van der Waals surface area contributed by atoms with Gasteiger partial charge in [-0.25, -0.2) is 9.67 Å². The Hall–Kier alpha value is -2.89. The van der Waals surface area contributed by atoms with Crippen LogP contribution < -0.4 is 10.6 Å². The summed E-state index contributed by atoms with van der Waals surface area (Å²) < 4.78 is 1.89. The molecule has 0 saturated heterocycles. The van der Waals surface area contributed by atoms with Gasteiger partial charge in [0.15, 0.2) is 5.65 Å². The number of rotatable bonds is 5. The molecule has 0 spiro atoms. The maximum absolute atomic E-state index is 13.3. The van der Waals surface area contributed by atoms with Gasteiger partial charge >= 0.3 is 0 Å². The average Bonchev–Trinajstić information content (AvgIpc) is 3.38. The van der Waals surface area contributed by atoms with Crippen molar-refractivity contribution < 1.29 is 4.79 Å². The molecule has 2 aromatic heterocycles. The van der Waals surface area contributed by atoms with Crippen LogP contribution >= 0.6 is 0 Å². The van der Waals surface area contributed by atoms with Crippen LogP contribution in [0.2, 0.25) is 0 Å². The van der Waals surface area contributed by atoms with E-state index in [9.17, 15) is 4.79 Å². The average molecular weight is 404 g/mol. The quantitative estimate of drug-likeness (QED) is 0.673. The Labute approximate surface area is 177 Å². The molecule has 3 aromatic rings. The zero-order chi connectivity index (χ0) is 20.5. The van der Waals surface area contributed by atoms with E-state index in [0.717, 1.165) is 48.9 Å². The van der Waals surface area contributed by atoms with E-state index in [4.69, 9.17) is 0 Å². The highest BCUT2D eigenvalue weighted by atomic mass is 16.1. The molecule has 0 unspecified atom stereocenters. The lowest BCUT2D eigenvalue weighted by molar-refractivity contribution is 0.0939. The zero-order valence-electron chi connectivity index (χ0n) is 17.5. The second kappa shape index (κ2) is 8.09. The standard InChI is InChI=1S/C24H29N5O/c1-2-29-23-20(15-26-29)22(27-18-10-4-3-5-11-18)21(14-25-23)24(30)28-19-12-16-8-6-7-9-17(16)13-19/h6-9,14-15,18-19H,2-5,10-13H2,1H3,(H,25,27)(H,28,30). The smallest absolute Gasteiger partial charge is 0.255 e. The molecular weight excluding hydrogens is 374 g/mol. The summed E-state index contributed by atoms with van der Waals surface area (Å²) in [6.45, 7) is 2.81. The van der Waals surface area contributed by atoms with Crippen molar-refractivity contribution in [2.45, 2.75) is 70.5 Å². The molecule has 0 radical (unpaired) electrons. The van der Waals surface area contributed by atoms with Gasteiger partial charge in [-0.2, -0.15) is 5.10 Å². The number of pyridine rings is 1. The summed E-state index contributed by atoms with van der Waals surface area (Å²) in [5, 5.41) is 12.4. The van der Waals surface area contributed by atoms with Crippen LogP contribution in [-0.2, 0) is 19.4 Å². The van der Waals surface area contributed by atoms with Crippen molar-refractivity contribution in [3.63, 3.8) is 0 Å². The highest BCUT2D eigenvalue weighted by molar-refractivity contribution is 6.06. The molecule has 1 amide bonds. The summed E-state index contributed by atoms with van der Waals surface area (Å²) in [6, 6.07) is 8.98. The molecule has 0 bridgehead atoms. The molecule has 2 N–H and O–H groups in total. The molecule has 0 atom stereocenters. The van der Waals surface area contributed by atoms with Crippen LogP contribution in [0.5, 0.6) is 0 Å². The maximum atomic E-state index is 13.3. The SMILES string of the molecule is CCn1ncc2c(NC3CCCCC3)c(C(=O)NC3Cc4ccccc4C3)cnc21. The first kappa shape index (κ1) is 19.1. The third-order valence-corrected chi connectivity index (χ3v) is 6.55. The number of fused-ring (bicyclic) bond motifs is 2. The first-order chi connectivity index (χ1) is 14.7. The van der Waals surface area contributed by atoms with Gasteiger partial charge in [0.1, 0.15) is 0 Å². The molecule has 156 valence electrons. The van der Waals surface area contributed by atoms with E-state index >= 15 is 0 Å². The molecule has 2 aliphatic rings. The summed E-state index contributed by atoms with van der Waals surface area (Å²) in [6.07, 6.45) is 11.4. The van der Waals surface area contributed by atoms with Gasteiger partial charge in [-0.3, -0.25) is 4.79 Å². The van der Waals surface area contributed by atoms with Crippen molar-refractivity contribution in [2.75, 3.05) is 5.32 Å². The van der Waals surface area contributed by atoms with E-state index in [2.05, 4.69) is 51.9 Å². The predicted octanol–water partition coefficient (Wildman–Crippen LogP) is 4.09. The van der Waals surface area contributed by atoms with Gasteiger partial charge in [0.25, 0.3) is 5.91 Å². The summed E-state index contributed by atoms with van der Waals surface area (Å²) in [7, 11) is 0. The fourth-order valence-corrected chi connectivity index (χ4v) is 4.96. The Morgan fingerprint density at radius 3 is 2.50 bits per heavy atom. The van der Waals surface area contributed by atoms with Gasteiger partial charge in [-0.05, 0) is 43.7 Å². The van der Waals surface area contributed by atoms with Gasteiger partial charge in [-0.15, -0.1) is 0 Å². The van der Waals surface area contributed by atoms with Crippen molar-refractivity contribution in [3.8, 4) is 0 Å². The van der Waals surface area contributed by atoms with Crippen LogP contribution in [0.25, 0.3) is 11.0 Å². The molecule has 30 heavy (non-hydrogen) atoms. The lowest BCUT2D eigenvalue weighted by Gasteiger charge is -2.25. The van der Waals surface area contributed by atoms with E-state index < -0.39 is 0 Å². The Balaban J connectivity index is 1.43. The molecule has 0 aliphatic heterocycles. The number of nitrogens with zero attached hydrogens (tertiary/aromatic N) is 3. The van der Waals surface area contributed by atoms with Crippen molar-refractivity contribution in [2.24, 2.45) is 0 Å². The highest BCUT2D eigenvalue weighted by Crippen LogP contribution is 2.30. The molecule has 1 saturated carbocycles. The van der Waals surface area contributed by atoms with Crippen molar-refractivity contribution in [3.05, 3.63) is 53.3 Å². The minimum Gasteiger partial charge on any atom is -0.381 e. The van der Waals surface area contributed by atoms with Crippen LogP contribution in [0.15, 0.2) is 36.7 Å². The Kier molecular flexibility index (Phi) is 5.15. The normalized spacial score (nSPS) is 17.2. The van der Waals surface area contributed by atoms with E-state index in [1.807, 2.05) is 10.9 Å². The number of hydrogen-bond donors (Lipinski definition) is 2. The number of hydrogen-bond acceptors (Lipinski definition) is 4. The van der Waals surface area contributed by atoms with Crippen molar-refractivity contribution in [1.82, 2.24) is 20.1 Å². The summed E-state index contributed by atoms with van der Waals surface area (Å²) in [5.74, 6) is -0.0511. The monoisotopic (exact) mass is 403 g/mol. The summed E-state index contributed by atoms with van der Waals surface area (Å²) >= 11 is 0. The predicted molar refractivity (Wildman–Crippen MR) is 119 cm³/mol. The van der Waals surface area contributed by atoms with E-state index in [-0.39, 0.29) is 11.9 Å². The first-order valence-corrected chi connectivity index (χ1v) is 11.2. The fourth-order valence-electron chi connectivity index (χ4n) is 4.96. The van der Waals surface area contributed by atoms with Crippen LogP contribution in [0.4, 0.5) is 5.69 Å². The topological polar surface area (TPSA) is 71.8 Å². The van der Waals surface area contributed by atoms with Crippen molar-refractivity contribution in [1.29, 1.82) is 0 Å². The zero-order valence-corrected chi connectivity index (χ0v) is 17.5.